The third-order valence-electron chi connectivity index (χ3n) is 2.62. The average Bonchev–Trinajstić information content (AvgIpc) is 2.32. The molecule has 1 rings (SSSR count). The van der Waals surface area contributed by atoms with Gasteiger partial charge in [0, 0.05) is 18.2 Å². The van der Waals surface area contributed by atoms with Crippen molar-refractivity contribution < 1.29 is 13.9 Å². The molecule has 0 aliphatic rings. The molecular weight excluding hydrogens is 223 g/mol. The van der Waals surface area contributed by atoms with E-state index in [-0.39, 0.29) is 18.0 Å². The van der Waals surface area contributed by atoms with Crippen LogP contribution in [0.4, 0.5) is 4.39 Å². The van der Waals surface area contributed by atoms with Gasteiger partial charge in [-0.1, -0.05) is 6.07 Å². The Hall–Kier alpha value is -1.17. The second kappa shape index (κ2) is 6.54. The molecule has 0 saturated carbocycles. The zero-order valence-corrected chi connectivity index (χ0v) is 10.4. The predicted molar refractivity (Wildman–Crippen MR) is 64.1 cm³/mol. The van der Waals surface area contributed by atoms with E-state index in [4.69, 9.17) is 15.3 Å². The van der Waals surface area contributed by atoms with Gasteiger partial charge in [-0.3, -0.25) is 11.3 Å². The SMILES string of the molecule is CCOC(C)C(NN)c1ccc(OC)cc1F. The molecule has 0 bridgehead atoms. The highest BCUT2D eigenvalue weighted by Crippen LogP contribution is 2.24. The van der Waals surface area contributed by atoms with Gasteiger partial charge in [-0.15, -0.1) is 0 Å². The maximum atomic E-state index is 13.8. The Balaban J connectivity index is 2.95. The summed E-state index contributed by atoms with van der Waals surface area (Å²) in [6.07, 6.45) is -0.215. The molecule has 2 atom stereocenters. The van der Waals surface area contributed by atoms with Gasteiger partial charge < -0.3 is 9.47 Å². The maximum absolute atomic E-state index is 13.8. The van der Waals surface area contributed by atoms with Crippen LogP contribution in [-0.4, -0.2) is 19.8 Å². The first kappa shape index (κ1) is 13.9. The van der Waals surface area contributed by atoms with E-state index in [1.807, 2.05) is 13.8 Å². The smallest absolute Gasteiger partial charge is 0.131 e. The number of hydrogen-bond acceptors (Lipinski definition) is 4. The van der Waals surface area contributed by atoms with Gasteiger partial charge in [0.2, 0.25) is 0 Å². The van der Waals surface area contributed by atoms with E-state index in [2.05, 4.69) is 5.43 Å². The predicted octanol–water partition coefficient (Wildman–Crippen LogP) is 1.76. The number of ether oxygens (including phenoxy) is 2. The zero-order chi connectivity index (χ0) is 12.8. The minimum atomic E-state index is -0.388. The Bertz CT molecular complexity index is 360. The van der Waals surface area contributed by atoms with Crippen LogP contribution in [0.3, 0.4) is 0 Å². The Morgan fingerprint density at radius 3 is 2.65 bits per heavy atom. The van der Waals surface area contributed by atoms with Gasteiger partial charge in [-0.25, -0.2) is 4.39 Å². The van der Waals surface area contributed by atoms with Gasteiger partial charge in [0.25, 0.3) is 0 Å². The second-order valence-electron chi connectivity index (χ2n) is 3.69. The van der Waals surface area contributed by atoms with E-state index in [9.17, 15) is 4.39 Å². The van der Waals surface area contributed by atoms with Crippen LogP contribution < -0.4 is 16.0 Å². The topological polar surface area (TPSA) is 56.5 Å². The summed E-state index contributed by atoms with van der Waals surface area (Å²) in [7, 11) is 1.50. The number of hydrazine groups is 1. The highest BCUT2D eigenvalue weighted by Gasteiger charge is 2.21. The number of rotatable bonds is 6. The average molecular weight is 242 g/mol. The molecule has 0 heterocycles. The standard InChI is InChI=1S/C12H19FN2O2/c1-4-17-8(2)12(15-14)10-6-5-9(16-3)7-11(10)13/h5-8,12,15H,4,14H2,1-3H3. The minimum absolute atomic E-state index is 0.215. The van der Waals surface area contributed by atoms with Crippen molar-refractivity contribution >= 4 is 0 Å². The van der Waals surface area contributed by atoms with Crippen LogP contribution in [0.5, 0.6) is 5.75 Å². The van der Waals surface area contributed by atoms with Crippen molar-refractivity contribution in [3.63, 3.8) is 0 Å². The molecule has 17 heavy (non-hydrogen) atoms. The van der Waals surface area contributed by atoms with Crippen LogP contribution in [0.15, 0.2) is 18.2 Å². The molecule has 1 aromatic rings. The van der Waals surface area contributed by atoms with Crippen LogP contribution in [0.2, 0.25) is 0 Å². The van der Waals surface area contributed by atoms with E-state index in [1.165, 1.54) is 13.2 Å². The largest absolute Gasteiger partial charge is 0.497 e. The molecule has 0 saturated heterocycles. The van der Waals surface area contributed by atoms with Crippen LogP contribution in [-0.2, 0) is 4.74 Å². The summed E-state index contributed by atoms with van der Waals surface area (Å²) in [5, 5.41) is 0. The molecule has 0 fully saturated rings. The van der Waals surface area contributed by atoms with Crippen LogP contribution in [0.25, 0.3) is 0 Å². The lowest BCUT2D eigenvalue weighted by molar-refractivity contribution is 0.0463. The van der Waals surface area contributed by atoms with Crippen molar-refractivity contribution in [2.75, 3.05) is 13.7 Å². The van der Waals surface area contributed by atoms with Gasteiger partial charge in [-0.05, 0) is 19.9 Å². The van der Waals surface area contributed by atoms with E-state index in [0.717, 1.165) is 0 Å². The van der Waals surface area contributed by atoms with Crippen molar-refractivity contribution in [1.29, 1.82) is 0 Å². The van der Waals surface area contributed by atoms with Gasteiger partial charge >= 0.3 is 0 Å². The molecule has 1 aromatic carbocycles. The molecule has 5 heteroatoms. The molecule has 4 nitrogen and oxygen atoms in total. The van der Waals surface area contributed by atoms with Gasteiger partial charge in [-0.2, -0.15) is 0 Å². The zero-order valence-electron chi connectivity index (χ0n) is 10.4. The molecule has 0 spiro atoms. The lowest BCUT2D eigenvalue weighted by Crippen LogP contribution is -2.37. The molecule has 0 amide bonds. The summed E-state index contributed by atoms with van der Waals surface area (Å²) in [6.45, 7) is 4.28. The Labute approximate surface area is 101 Å². The molecular formula is C12H19FN2O2. The number of nitrogens with one attached hydrogen (secondary N) is 1. The van der Waals surface area contributed by atoms with Crippen molar-refractivity contribution in [2.45, 2.75) is 26.0 Å². The van der Waals surface area contributed by atoms with E-state index >= 15 is 0 Å². The van der Waals surface area contributed by atoms with E-state index in [0.29, 0.717) is 17.9 Å². The van der Waals surface area contributed by atoms with Gasteiger partial charge in [0.1, 0.15) is 11.6 Å². The molecule has 0 aliphatic carbocycles. The molecule has 2 unspecified atom stereocenters. The molecule has 0 aromatic heterocycles. The first-order chi connectivity index (χ1) is 8.13. The summed E-state index contributed by atoms with van der Waals surface area (Å²) in [6, 6.07) is 4.29. The number of hydrogen-bond donors (Lipinski definition) is 2. The third kappa shape index (κ3) is 3.39. The highest BCUT2D eigenvalue weighted by molar-refractivity contribution is 5.31. The highest BCUT2D eigenvalue weighted by atomic mass is 19.1. The Morgan fingerprint density at radius 2 is 2.18 bits per heavy atom. The molecule has 0 aliphatic heterocycles. The quantitative estimate of drug-likeness (QED) is 0.589. The second-order valence-corrected chi connectivity index (χ2v) is 3.69. The number of benzene rings is 1. The number of nitrogens with two attached hydrogens (primary N) is 1. The van der Waals surface area contributed by atoms with Crippen LogP contribution >= 0.6 is 0 Å². The lowest BCUT2D eigenvalue weighted by Gasteiger charge is -2.24. The summed E-state index contributed by atoms with van der Waals surface area (Å²) < 4.78 is 24.2. The fourth-order valence-electron chi connectivity index (χ4n) is 1.72. The van der Waals surface area contributed by atoms with E-state index in [1.54, 1.807) is 12.1 Å². The monoisotopic (exact) mass is 242 g/mol. The van der Waals surface area contributed by atoms with E-state index < -0.39 is 0 Å². The van der Waals surface area contributed by atoms with Crippen LogP contribution in [0.1, 0.15) is 25.5 Å². The molecule has 3 N–H and O–H groups in total. The Morgan fingerprint density at radius 1 is 1.47 bits per heavy atom. The fourth-order valence-corrected chi connectivity index (χ4v) is 1.72. The summed E-state index contributed by atoms with van der Waals surface area (Å²) in [5.41, 5.74) is 3.04. The maximum Gasteiger partial charge on any atom is 0.131 e. The molecule has 0 radical (unpaired) electrons. The van der Waals surface area contributed by atoms with Gasteiger partial charge in [0.15, 0.2) is 0 Å². The van der Waals surface area contributed by atoms with Crippen LogP contribution in [0, 0.1) is 5.82 Å². The molecule has 96 valence electrons. The number of halogens is 1. The lowest BCUT2D eigenvalue weighted by atomic mass is 10.0. The van der Waals surface area contributed by atoms with Crippen molar-refractivity contribution in [3.8, 4) is 5.75 Å². The van der Waals surface area contributed by atoms with Crippen molar-refractivity contribution in [2.24, 2.45) is 5.84 Å². The summed E-state index contributed by atoms with van der Waals surface area (Å²) in [5.74, 6) is 5.56. The first-order valence-electron chi connectivity index (χ1n) is 5.55. The Kier molecular flexibility index (Phi) is 5.34. The minimum Gasteiger partial charge on any atom is -0.497 e. The summed E-state index contributed by atoms with van der Waals surface area (Å²) in [4.78, 5) is 0. The fraction of sp³-hybridized carbons (Fsp3) is 0.500. The normalized spacial score (nSPS) is 14.4. The van der Waals surface area contributed by atoms with Crippen molar-refractivity contribution in [3.05, 3.63) is 29.6 Å². The third-order valence-corrected chi connectivity index (χ3v) is 2.62. The first-order valence-corrected chi connectivity index (χ1v) is 5.55. The van der Waals surface area contributed by atoms with Crippen molar-refractivity contribution in [1.82, 2.24) is 5.43 Å². The summed E-state index contributed by atoms with van der Waals surface area (Å²) >= 11 is 0. The number of methoxy groups -OCH3 is 1. The van der Waals surface area contributed by atoms with Gasteiger partial charge in [0.05, 0.1) is 19.3 Å².